The number of rotatable bonds is 12. The average Bonchev–Trinajstić information content (AvgIpc) is 3.81. The monoisotopic (exact) mass is 701 g/mol. The first-order chi connectivity index (χ1) is 23.9. The van der Waals surface area contributed by atoms with Crippen LogP contribution in [0.1, 0.15) is 73.0 Å². The van der Waals surface area contributed by atoms with Gasteiger partial charge in [0.15, 0.2) is 5.01 Å². The number of Topliss-reactive ketones (excluding diaryl/α,β-unsaturated/α-hetero) is 2. The van der Waals surface area contributed by atoms with Crippen LogP contribution in [0.4, 0.5) is 0 Å². The number of amides is 4. The van der Waals surface area contributed by atoms with Gasteiger partial charge in [-0.3, -0.25) is 28.8 Å². The second-order valence-corrected chi connectivity index (χ2v) is 14.6. The van der Waals surface area contributed by atoms with E-state index in [0.29, 0.717) is 49.2 Å². The SMILES string of the molecule is COc1cccc(C(=O)N[C@H](C(=O)N2CCCC2C(=O)NC(CC2CCCNC2=O)C(=O)C(=O)c2nc(-c3ccccc3)cs2)C(C)(C)C)c1. The third kappa shape index (κ3) is 8.44. The van der Waals surface area contributed by atoms with Crippen molar-refractivity contribution < 1.29 is 33.5 Å². The lowest BCUT2D eigenvalue weighted by Crippen LogP contribution is -2.59. The van der Waals surface area contributed by atoms with Crippen LogP contribution >= 0.6 is 11.3 Å². The maximum Gasteiger partial charge on any atom is 0.259 e. The lowest BCUT2D eigenvalue weighted by molar-refractivity contribution is -0.142. The molecule has 3 heterocycles. The van der Waals surface area contributed by atoms with Crippen LogP contribution in [0.15, 0.2) is 60.0 Å². The van der Waals surface area contributed by atoms with Gasteiger partial charge in [0.05, 0.1) is 18.8 Å². The number of methoxy groups -OCH3 is 1. The van der Waals surface area contributed by atoms with Gasteiger partial charge in [-0.05, 0) is 55.7 Å². The van der Waals surface area contributed by atoms with Crippen LogP contribution in [0.25, 0.3) is 11.3 Å². The number of hydrogen-bond donors (Lipinski definition) is 3. The molecule has 2 aliphatic rings. The summed E-state index contributed by atoms with van der Waals surface area (Å²) in [5.41, 5.74) is 0.932. The molecule has 0 bridgehead atoms. The largest absolute Gasteiger partial charge is 0.497 e. The fourth-order valence-electron chi connectivity index (χ4n) is 6.32. The van der Waals surface area contributed by atoms with Gasteiger partial charge in [-0.15, -0.1) is 11.3 Å². The minimum Gasteiger partial charge on any atom is -0.497 e. The Kier molecular flexibility index (Phi) is 11.5. The van der Waals surface area contributed by atoms with Crippen molar-refractivity contribution in [3.8, 4) is 17.0 Å². The minimum atomic E-state index is -1.31. The highest BCUT2D eigenvalue weighted by Gasteiger charge is 2.43. The van der Waals surface area contributed by atoms with Crippen molar-refractivity contribution in [3.05, 3.63) is 70.5 Å². The highest BCUT2D eigenvalue weighted by atomic mass is 32.1. The summed E-state index contributed by atoms with van der Waals surface area (Å²) in [7, 11) is 1.50. The number of carbonyl (C=O) groups excluding carboxylic acids is 6. The molecule has 2 aliphatic heterocycles. The summed E-state index contributed by atoms with van der Waals surface area (Å²) >= 11 is 1.04. The van der Waals surface area contributed by atoms with Gasteiger partial charge >= 0.3 is 0 Å². The molecule has 2 saturated heterocycles. The summed E-state index contributed by atoms with van der Waals surface area (Å²) < 4.78 is 5.24. The number of ether oxygens (including phenoxy) is 1. The van der Waals surface area contributed by atoms with Gasteiger partial charge < -0.3 is 25.6 Å². The first-order valence-corrected chi connectivity index (χ1v) is 17.7. The van der Waals surface area contributed by atoms with Crippen LogP contribution < -0.4 is 20.7 Å². The number of hydrogen-bond acceptors (Lipinski definition) is 9. The number of likely N-dealkylation sites (tertiary alicyclic amines) is 1. The molecule has 3 unspecified atom stereocenters. The molecule has 2 aromatic carbocycles. The summed E-state index contributed by atoms with van der Waals surface area (Å²) in [5.74, 6) is -3.57. The van der Waals surface area contributed by atoms with E-state index in [4.69, 9.17) is 4.74 Å². The van der Waals surface area contributed by atoms with E-state index in [9.17, 15) is 28.8 Å². The molecule has 0 spiro atoms. The summed E-state index contributed by atoms with van der Waals surface area (Å²) in [4.78, 5) is 87.2. The Hall–Kier alpha value is -4.91. The van der Waals surface area contributed by atoms with E-state index in [1.54, 1.807) is 29.6 Å². The van der Waals surface area contributed by atoms with Gasteiger partial charge in [0.2, 0.25) is 23.5 Å². The molecule has 50 heavy (non-hydrogen) atoms. The quantitative estimate of drug-likeness (QED) is 0.190. The van der Waals surface area contributed by atoms with E-state index < -0.39 is 58.7 Å². The Morgan fingerprint density at radius 3 is 2.48 bits per heavy atom. The molecule has 13 heteroatoms. The Bertz CT molecular complexity index is 1750. The predicted octanol–water partition coefficient (Wildman–Crippen LogP) is 3.81. The molecule has 4 amide bonds. The Morgan fingerprint density at radius 1 is 1.02 bits per heavy atom. The molecule has 0 radical (unpaired) electrons. The molecule has 0 aliphatic carbocycles. The third-order valence-corrected chi connectivity index (χ3v) is 9.94. The lowest BCUT2D eigenvalue weighted by atomic mass is 9.85. The van der Waals surface area contributed by atoms with Crippen molar-refractivity contribution in [3.63, 3.8) is 0 Å². The standard InChI is InChI=1S/C37H43N5O7S/c1-37(2,3)31(41-33(46)23-13-8-15-25(19-23)49-4)36(48)42-18-10-16-28(42)34(47)39-26(20-24-14-9-17-38-32(24)45)29(43)30(44)35-40-27(21-50-35)22-11-6-5-7-12-22/h5-8,11-13,15,19,21,24,26,28,31H,9-10,14,16-18,20H2,1-4H3,(H,38,45)(H,39,47)(H,41,46)/t24?,26?,28?,31-/m1/s1. The molecule has 5 rings (SSSR count). The highest BCUT2D eigenvalue weighted by Crippen LogP contribution is 2.28. The molecule has 3 N–H and O–H groups in total. The van der Waals surface area contributed by atoms with Crippen molar-refractivity contribution in [2.24, 2.45) is 11.3 Å². The zero-order valence-electron chi connectivity index (χ0n) is 28.7. The lowest BCUT2D eigenvalue weighted by Gasteiger charge is -2.36. The topological polar surface area (TPSA) is 164 Å². The van der Waals surface area contributed by atoms with Crippen molar-refractivity contribution in [1.29, 1.82) is 0 Å². The summed E-state index contributed by atoms with van der Waals surface area (Å²) in [6.45, 7) is 6.25. The number of piperidine rings is 1. The average molecular weight is 702 g/mol. The highest BCUT2D eigenvalue weighted by molar-refractivity contribution is 7.13. The molecule has 12 nitrogen and oxygen atoms in total. The van der Waals surface area contributed by atoms with Crippen LogP contribution in [-0.4, -0.2) is 83.4 Å². The fourth-order valence-corrected chi connectivity index (χ4v) is 7.09. The second kappa shape index (κ2) is 15.8. The Morgan fingerprint density at radius 2 is 1.78 bits per heavy atom. The fraction of sp³-hybridized carbons (Fsp3) is 0.432. The van der Waals surface area contributed by atoms with Gasteiger partial charge in [-0.1, -0.05) is 57.2 Å². The number of ketones is 2. The van der Waals surface area contributed by atoms with E-state index in [1.165, 1.54) is 12.0 Å². The molecule has 1 aromatic heterocycles. The van der Waals surface area contributed by atoms with Gasteiger partial charge in [0.1, 0.15) is 17.8 Å². The van der Waals surface area contributed by atoms with E-state index in [1.807, 2.05) is 51.1 Å². The summed E-state index contributed by atoms with van der Waals surface area (Å²) in [6.07, 6.45) is 1.98. The molecule has 264 valence electrons. The van der Waals surface area contributed by atoms with Gasteiger partial charge in [0.25, 0.3) is 11.7 Å². The van der Waals surface area contributed by atoms with Crippen molar-refractivity contribution in [2.45, 2.75) is 71.0 Å². The zero-order chi connectivity index (χ0) is 36.0. The van der Waals surface area contributed by atoms with Crippen LogP contribution in [0, 0.1) is 11.3 Å². The van der Waals surface area contributed by atoms with E-state index >= 15 is 0 Å². The normalized spacial score (nSPS) is 18.8. The second-order valence-electron chi connectivity index (χ2n) is 13.7. The smallest absolute Gasteiger partial charge is 0.259 e. The summed E-state index contributed by atoms with van der Waals surface area (Å²) in [6, 6.07) is 12.6. The Balaban J connectivity index is 1.35. The molecular formula is C37H43N5O7S. The van der Waals surface area contributed by atoms with E-state index in [0.717, 1.165) is 16.9 Å². The van der Waals surface area contributed by atoms with Crippen LogP contribution in [-0.2, 0) is 19.2 Å². The third-order valence-electron chi connectivity index (χ3n) is 9.10. The molecule has 2 fully saturated rings. The van der Waals surface area contributed by atoms with Gasteiger partial charge in [0, 0.05) is 35.5 Å². The predicted molar refractivity (Wildman–Crippen MR) is 188 cm³/mol. The number of carbonyl (C=O) groups is 6. The first-order valence-electron chi connectivity index (χ1n) is 16.8. The maximum absolute atomic E-state index is 14.1. The number of nitrogens with one attached hydrogen (secondary N) is 3. The van der Waals surface area contributed by atoms with E-state index in [2.05, 4.69) is 20.9 Å². The van der Waals surface area contributed by atoms with Crippen LogP contribution in [0.5, 0.6) is 5.75 Å². The summed E-state index contributed by atoms with van der Waals surface area (Å²) in [5, 5.41) is 10.1. The first kappa shape index (κ1) is 36.4. The van der Waals surface area contributed by atoms with E-state index in [-0.39, 0.29) is 23.9 Å². The number of thiazole rings is 1. The molecule has 0 saturated carbocycles. The number of nitrogens with zero attached hydrogens (tertiary/aromatic N) is 2. The minimum absolute atomic E-state index is 0.0151. The van der Waals surface area contributed by atoms with Gasteiger partial charge in [-0.25, -0.2) is 4.98 Å². The molecule has 4 atom stereocenters. The number of aromatic nitrogens is 1. The molecule has 3 aromatic rings. The van der Waals surface area contributed by atoms with Crippen molar-refractivity contribution >= 4 is 46.5 Å². The number of benzene rings is 2. The van der Waals surface area contributed by atoms with Crippen LogP contribution in [0.3, 0.4) is 0 Å². The van der Waals surface area contributed by atoms with Gasteiger partial charge in [-0.2, -0.15) is 0 Å². The maximum atomic E-state index is 14.1. The van der Waals surface area contributed by atoms with Crippen molar-refractivity contribution in [1.82, 2.24) is 25.8 Å². The van der Waals surface area contributed by atoms with Crippen molar-refractivity contribution in [2.75, 3.05) is 20.2 Å². The molecular weight excluding hydrogens is 659 g/mol. The Labute approximate surface area is 295 Å². The zero-order valence-corrected chi connectivity index (χ0v) is 29.5. The van der Waals surface area contributed by atoms with Crippen LogP contribution in [0.2, 0.25) is 0 Å².